The van der Waals surface area contributed by atoms with Gasteiger partial charge < -0.3 is 20.3 Å². The zero-order valence-electron chi connectivity index (χ0n) is 25.0. The molecule has 2 fully saturated rings. The third-order valence-corrected chi connectivity index (χ3v) is 8.56. The first-order valence-corrected chi connectivity index (χ1v) is 15.5. The molecule has 1 saturated carbocycles. The van der Waals surface area contributed by atoms with Gasteiger partial charge in [0.2, 0.25) is 0 Å². The number of hydrogen-bond donors (Lipinski definition) is 2. The van der Waals surface area contributed by atoms with Crippen molar-refractivity contribution < 1.29 is 18.3 Å². The highest BCUT2D eigenvalue weighted by Gasteiger charge is 2.25. The molecule has 1 aliphatic heterocycles. The van der Waals surface area contributed by atoms with Gasteiger partial charge in [0.05, 0.1) is 35.9 Å². The molecule has 45 heavy (non-hydrogen) atoms. The van der Waals surface area contributed by atoms with E-state index in [0.29, 0.717) is 78.4 Å². The number of nitrogens with one attached hydrogen (secondary N) is 2. The van der Waals surface area contributed by atoms with Crippen LogP contribution < -0.4 is 15.5 Å². The highest BCUT2D eigenvalue weighted by molar-refractivity contribution is 5.89. The van der Waals surface area contributed by atoms with Crippen molar-refractivity contribution in [3.05, 3.63) is 71.8 Å². The maximum atomic E-state index is 14.1. The van der Waals surface area contributed by atoms with Crippen molar-refractivity contribution in [1.29, 1.82) is 5.26 Å². The number of urea groups is 1. The zero-order chi connectivity index (χ0) is 31.2. The molecule has 0 spiro atoms. The fourth-order valence-electron chi connectivity index (χ4n) is 6.21. The summed E-state index contributed by atoms with van der Waals surface area (Å²) in [5.74, 6) is 1.94. The summed E-state index contributed by atoms with van der Waals surface area (Å²) in [6.45, 7) is 2.51. The Morgan fingerprint density at radius 2 is 1.73 bits per heavy atom. The Morgan fingerprint density at radius 3 is 2.47 bits per heavy atom. The SMILES string of the molecule is N#Cc1ccc(NC(=O)NC2CCC(CCCc3nc(N4CCOCC4)cc(-n4c(C(F)F)nc5ccccc54)n3)CC2)cc1. The number of morpholine rings is 1. The molecule has 2 aliphatic rings. The van der Waals surface area contributed by atoms with Crippen LogP contribution in [-0.2, 0) is 11.2 Å². The first kappa shape index (κ1) is 30.4. The van der Waals surface area contributed by atoms with Crippen LogP contribution in [0.3, 0.4) is 0 Å². The molecule has 234 valence electrons. The van der Waals surface area contributed by atoms with Crippen LogP contribution in [0.5, 0.6) is 0 Å². The van der Waals surface area contributed by atoms with Gasteiger partial charge in [0.1, 0.15) is 17.5 Å². The molecular formula is C33H36F2N8O2. The van der Waals surface area contributed by atoms with Gasteiger partial charge in [-0.2, -0.15) is 5.26 Å². The van der Waals surface area contributed by atoms with Gasteiger partial charge in [-0.05, 0) is 74.4 Å². The third kappa shape index (κ3) is 7.37. The van der Waals surface area contributed by atoms with Crippen LogP contribution in [0, 0.1) is 17.2 Å². The molecule has 1 saturated heterocycles. The number of rotatable bonds is 9. The second-order valence-corrected chi connectivity index (χ2v) is 11.6. The summed E-state index contributed by atoms with van der Waals surface area (Å²) in [5, 5.41) is 14.8. The number of aryl methyl sites for hydroxylation is 1. The number of anilines is 2. The predicted molar refractivity (Wildman–Crippen MR) is 167 cm³/mol. The summed E-state index contributed by atoms with van der Waals surface area (Å²) in [6.07, 6.45) is 3.59. The van der Waals surface area contributed by atoms with Gasteiger partial charge in [0, 0.05) is 37.3 Å². The van der Waals surface area contributed by atoms with Crippen LogP contribution in [0.4, 0.5) is 25.1 Å². The number of fused-ring (bicyclic) bond motifs is 1. The molecule has 0 unspecified atom stereocenters. The first-order chi connectivity index (χ1) is 22.0. The van der Waals surface area contributed by atoms with Crippen LogP contribution in [0.2, 0.25) is 0 Å². The molecule has 2 N–H and O–H groups in total. The molecule has 4 aromatic rings. The van der Waals surface area contributed by atoms with Gasteiger partial charge in [0.15, 0.2) is 5.82 Å². The van der Waals surface area contributed by atoms with Crippen LogP contribution >= 0.6 is 0 Å². The van der Waals surface area contributed by atoms with Crippen molar-refractivity contribution in [2.75, 3.05) is 36.5 Å². The molecule has 0 atom stereocenters. The molecule has 1 aliphatic carbocycles. The van der Waals surface area contributed by atoms with Gasteiger partial charge in [-0.15, -0.1) is 0 Å². The highest BCUT2D eigenvalue weighted by Crippen LogP contribution is 2.31. The monoisotopic (exact) mass is 614 g/mol. The number of carbonyl (C=O) groups excluding carboxylic acids is 1. The maximum Gasteiger partial charge on any atom is 0.319 e. The lowest BCUT2D eigenvalue weighted by atomic mass is 9.83. The van der Waals surface area contributed by atoms with E-state index in [9.17, 15) is 13.6 Å². The van der Waals surface area contributed by atoms with Crippen LogP contribution in [-0.4, -0.2) is 57.9 Å². The van der Waals surface area contributed by atoms with Gasteiger partial charge in [-0.25, -0.2) is 28.5 Å². The van der Waals surface area contributed by atoms with Crippen molar-refractivity contribution in [1.82, 2.24) is 24.8 Å². The number of benzene rings is 2. The Morgan fingerprint density at radius 1 is 1.00 bits per heavy atom. The molecule has 3 heterocycles. The number of ether oxygens (including phenoxy) is 1. The molecular weight excluding hydrogens is 578 g/mol. The van der Waals surface area contributed by atoms with Crippen LogP contribution in [0.25, 0.3) is 16.9 Å². The molecule has 12 heteroatoms. The molecule has 2 aromatic carbocycles. The number of amides is 2. The number of halogens is 2. The van der Waals surface area contributed by atoms with Gasteiger partial charge in [-0.3, -0.25) is 4.57 Å². The molecule has 0 bridgehead atoms. The standard InChI is InChI=1S/C33H36F2N8O2/c34-31(35)32-39-26-5-1-2-6-27(26)43(32)30-20-29(42-16-18-45-19-17-42)40-28(41-30)7-3-4-22-8-12-24(13-9-22)37-33(44)38-25-14-10-23(21-36)11-15-25/h1-2,5-6,10-11,14-15,20,22,24,31H,3-4,7-9,12-13,16-19H2,(H2,37,38,44). The van der Waals surface area contributed by atoms with E-state index < -0.39 is 6.43 Å². The summed E-state index contributed by atoms with van der Waals surface area (Å²) >= 11 is 0. The fourth-order valence-corrected chi connectivity index (χ4v) is 6.21. The van der Waals surface area contributed by atoms with E-state index in [1.54, 1.807) is 48.5 Å². The van der Waals surface area contributed by atoms with E-state index >= 15 is 0 Å². The van der Waals surface area contributed by atoms with Crippen LogP contribution in [0.15, 0.2) is 54.6 Å². The number of para-hydroxylation sites is 2. The van der Waals surface area contributed by atoms with Crippen LogP contribution in [0.1, 0.15) is 62.2 Å². The summed E-state index contributed by atoms with van der Waals surface area (Å²) in [7, 11) is 0. The number of imidazole rings is 1. The number of hydrogen-bond acceptors (Lipinski definition) is 7. The van der Waals surface area contributed by atoms with E-state index in [0.717, 1.165) is 38.5 Å². The molecule has 2 aromatic heterocycles. The Kier molecular flexibility index (Phi) is 9.45. The molecule has 0 radical (unpaired) electrons. The van der Waals surface area contributed by atoms with Gasteiger partial charge in [-0.1, -0.05) is 18.6 Å². The van der Waals surface area contributed by atoms with Crippen molar-refractivity contribution in [2.45, 2.75) is 57.4 Å². The second kappa shape index (κ2) is 14.0. The largest absolute Gasteiger partial charge is 0.378 e. The summed E-state index contributed by atoms with van der Waals surface area (Å²) in [6, 6.07) is 17.6. The van der Waals surface area contributed by atoms with E-state index in [4.69, 9.17) is 20.0 Å². The lowest BCUT2D eigenvalue weighted by Gasteiger charge is -2.29. The van der Waals surface area contributed by atoms with Crippen molar-refractivity contribution in [3.8, 4) is 11.9 Å². The third-order valence-electron chi connectivity index (χ3n) is 8.56. The Bertz CT molecular complexity index is 1660. The normalized spacial score (nSPS) is 18.6. The molecule has 2 amide bonds. The Balaban J connectivity index is 1.08. The number of carbonyl (C=O) groups is 1. The quantitative estimate of drug-likeness (QED) is 0.232. The minimum Gasteiger partial charge on any atom is -0.378 e. The first-order valence-electron chi connectivity index (χ1n) is 15.5. The minimum atomic E-state index is -2.76. The Hall–Kier alpha value is -4.63. The highest BCUT2D eigenvalue weighted by atomic mass is 19.3. The summed E-state index contributed by atoms with van der Waals surface area (Å²) in [5.41, 5.74) is 2.28. The number of nitrogens with zero attached hydrogens (tertiary/aromatic N) is 6. The van der Waals surface area contributed by atoms with E-state index in [-0.39, 0.29) is 17.9 Å². The number of nitriles is 1. The average Bonchev–Trinajstić information content (AvgIpc) is 3.47. The van der Waals surface area contributed by atoms with E-state index in [1.807, 2.05) is 6.07 Å². The lowest BCUT2D eigenvalue weighted by Crippen LogP contribution is -2.40. The van der Waals surface area contributed by atoms with Crippen molar-refractivity contribution in [3.63, 3.8) is 0 Å². The zero-order valence-corrected chi connectivity index (χ0v) is 25.0. The Labute approximate surface area is 260 Å². The van der Waals surface area contributed by atoms with Crippen molar-refractivity contribution >= 4 is 28.6 Å². The van der Waals surface area contributed by atoms with Gasteiger partial charge >= 0.3 is 6.03 Å². The second-order valence-electron chi connectivity index (χ2n) is 11.6. The predicted octanol–water partition coefficient (Wildman–Crippen LogP) is 6.16. The number of alkyl halides is 2. The smallest absolute Gasteiger partial charge is 0.319 e. The number of aromatic nitrogens is 4. The lowest BCUT2D eigenvalue weighted by molar-refractivity contribution is 0.122. The molecule has 10 nitrogen and oxygen atoms in total. The fraction of sp³-hybridized carbons (Fsp3) is 0.424. The summed E-state index contributed by atoms with van der Waals surface area (Å²) < 4.78 is 35.3. The summed E-state index contributed by atoms with van der Waals surface area (Å²) in [4.78, 5) is 28.4. The minimum absolute atomic E-state index is 0.116. The molecule has 6 rings (SSSR count). The van der Waals surface area contributed by atoms with Crippen molar-refractivity contribution in [2.24, 2.45) is 5.92 Å². The van der Waals surface area contributed by atoms with E-state index in [2.05, 4.69) is 26.6 Å². The topological polar surface area (TPSA) is 121 Å². The van der Waals surface area contributed by atoms with Gasteiger partial charge in [0.25, 0.3) is 6.43 Å². The van der Waals surface area contributed by atoms with E-state index in [1.165, 1.54) is 4.57 Å². The average molecular weight is 615 g/mol. The maximum absolute atomic E-state index is 14.1.